The number of hydrogen-bond donors (Lipinski definition) is 0. The van der Waals surface area contributed by atoms with Gasteiger partial charge in [-0.3, -0.25) is 0 Å². The second-order valence-electron chi connectivity index (χ2n) is 13.7. The molecule has 0 N–H and O–H groups in total. The topological polar surface area (TPSA) is 0 Å². The molecule has 242 valence electrons. The first-order valence-corrected chi connectivity index (χ1v) is 18.0. The van der Waals surface area contributed by atoms with Crippen LogP contribution in [0.25, 0.3) is 98.7 Å². The Morgan fingerprint density at radius 1 is 0.173 bits per heavy atom. The molecule has 10 rings (SSSR count). The van der Waals surface area contributed by atoms with Crippen molar-refractivity contribution >= 4 is 43.1 Å². The van der Waals surface area contributed by atoms with E-state index in [4.69, 9.17) is 0 Å². The largest absolute Gasteiger partial charge is 0.0616 e. The molecule has 0 fully saturated rings. The van der Waals surface area contributed by atoms with Crippen LogP contribution in [0.1, 0.15) is 0 Å². The van der Waals surface area contributed by atoms with Gasteiger partial charge in [0, 0.05) is 0 Å². The Bertz CT molecular complexity index is 2850. The molecule has 0 nitrogen and oxygen atoms in total. The Kier molecular flexibility index (Phi) is 7.25. The maximum atomic E-state index is 2.29. The van der Waals surface area contributed by atoms with Crippen LogP contribution in [0.15, 0.2) is 206 Å². The molecule has 0 aliphatic carbocycles. The van der Waals surface area contributed by atoms with Crippen molar-refractivity contribution in [3.63, 3.8) is 0 Å². The molecule has 0 heterocycles. The summed E-state index contributed by atoms with van der Waals surface area (Å²) >= 11 is 0. The number of fused-ring (bicyclic) bond motifs is 4. The first-order chi connectivity index (χ1) is 25.8. The molecular weight excluding hydrogens is 625 g/mol. The maximum absolute atomic E-state index is 2.29. The van der Waals surface area contributed by atoms with Crippen LogP contribution in [0, 0.1) is 0 Å². The van der Waals surface area contributed by atoms with Gasteiger partial charge in [0.1, 0.15) is 0 Å². The van der Waals surface area contributed by atoms with E-state index in [-0.39, 0.29) is 0 Å². The Morgan fingerprint density at radius 3 is 0.769 bits per heavy atom. The Hall–Kier alpha value is -6.76. The van der Waals surface area contributed by atoms with Crippen LogP contribution in [0.2, 0.25) is 0 Å². The summed E-state index contributed by atoms with van der Waals surface area (Å²) in [5.41, 5.74) is 12.4. The van der Waals surface area contributed by atoms with Crippen LogP contribution in [-0.4, -0.2) is 0 Å². The van der Waals surface area contributed by atoms with Gasteiger partial charge in [-0.25, -0.2) is 0 Å². The fourth-order valence-electron chi connectivity index (χ4n) is 8.00. The fourth-order valence-corrected chi connectivity index (χ4v) is 8.00. The predicted molar refractivity (Wildman–Crippen MR) is 224 cm³/mol. The highest BCUT2D eigenvalue weighted by Gasteiger charge is 2.17. The van der Waals surface area contributed by atoms with Gasteiger partial charge in [0.25, 0.3) is 0 Å². The van der Waals surface area contributed by atoms with Crippen LogP contribution < -0.4 is 0 Å². The summed E-state index contributed by atoms with van der Waals surface area (Å²) in [5.74, 6) is 0. The lowest BCUT2D eigenvalue weighted by atomic mass is 9.85. The van der Waals surface area contributed by atoms with Crippen molar-refractivity contribution in [2.45, 2.75) is 0 Å². The monoisotopic (exact) mass is 658 g/mol. The van der Waals surface area contributed by atoms with Crippen molar-refractivity contribution in [1.29, 1.82) is 0 Å². The summed E-state index contributed by atoms with van der Waals surface area (Å²) in [5, 5.41) is 10.1. The minimum atomic E-state index is 1.21. The SMILES string of the molecule is c1ccc2cc(-c3ccc(-c4ccc(-c5c6ccccc6c(-c6ccc(-c7ccc8ccccc8c7)cc6)c6ccccc56)cc4)cc3)ccc2c1. The highest BCUT2D eigenvalue weighted by molar-refractivity contribution is 6.21. The zero-order valence-electron chi connectivity index (χ0n) is 28.6. The molecule has 0 aliphatic heterocycles. The molecule has 0 atom stereocenters. The summed E-state index contributed by atoms with van der Waals surface area (Å²) in [6.07, 6.45) is 0. The lowest BCUT2D eigenvalue weighted by Gasteiger charge is -2.18. The Labute approximate surface area is 303 Å². The van der Waals surface area contributed by atoms with Gasteiger partial charge in [-0.2, -0.15) is 0 Å². The second-order valence-corrected chi connectivity index (χ2v) is 13.7. The first kappa shape index (κ1) is 30.1. The van der Waals surface area contributed by atoms with Crippen LogP contribution in [0.3, 0.4) is 0 Å². The first-order valence-electron chi connectivity index (χ1n) is 18.0. The van der Waals surface area contributed by atoms with Gasteiger partial charge in [0.05, 0.1) is 0 Å². The highest BCUT2D eigenvalue weighted by Crippen LogP contribution is 2.44. The minimum absolute atomic E-state index is 1.21. The van der Waals surface area contributed by atoms with Crippen molar-refractivity contribution in [1.82, 2.24) is 0 Å². The van der Waals surface area contributed by atoms with E-state index in [0.717, 1.165) is 0 Å². The van der Waals surface area contributed by atoms with Crippen molar-refractivity contribution in [3.8, 4) is 55.6 Å². The number of hydrogen-bond acceptors (Lipinski definition) is 0. The third-order valence-corrected chi connectivity index (χ3v) is 10.7. The number of benzene rings is 10. The summed E-state index contributed by atoms with van der Waals surface area (Å²) in [6, 6.07) is 75.5. The smallest absolute Gasteiger partial charge is 0.00264 e. The molecule has 0 radical (unpaired) electrons. The average molecular weight is 659 g/mol. The van der Waals surface area contributed by atoms with E-state index in [1.165, 1.54) is 98.7 Å². The van der Waals surface area contributed by atoms with E-state index in [1.54, 1.807) is 0 Å². The van der Waals surface area contributed by atoms with Gasteiger partial charge < -0.3 is 0 Å². The normalized spacial score (nSPS) is 11.5. The van der Waals surface area contributed by atoms with Crippen LogP contribution in [0.5, 0.6) is 0 Å². The standard InChI is InChI=1S/C52H34/c1-3-11-43-33-45(31-25-35(43)9-1)39-19-17-37(18-20-39)38-21-27-41(28-22-38)51-47-13-5-7-15-49(47)52(50-16-8-6-14-48(50)51)42-29-23-40(24-30-42)46-32-26-36-10-2-4-12-44(36)34-46/h1-34H. The van der Waals surface area contributed by atoms with E-state index in [9.17, 15) is 0 Å². The van der Waals surface area contributed by atoms with Crippen LogP contribution >= 0.6 is 0 Å². The maximum Gasteiger partial charge on any atom is -0.00264 e. The molecule has 0 aliphatic rings. The predicted octanol–water partition coefficient (Wildman–Crippen LogP) is 14.6. The van der Waals surface area contributed by atoms with Crippen molar-refractivity contribution in [2.24, 2.45) is 0 Å². The Morgan fingerprint density at radius 2 is 0.423 bits per heavy atom. The van der Waals surface area contributed by atoms with Gasteiger partial charge in [-0.1, -0.05) is 194 Å². The van der Waals surface area contributed by atoms with E-state index >= 15 is 0 Å². The third kappa shape index (κ3) is 5.25. The summed E-state index contributed by atoms with van der Waals surface area (Å²) < 4.78 is 0. The van der Waals surface area contributed by atoms with E-state index in [0.29, 0.717) is 0 Å². The zero-order chi connectivity index (χ0) is 34.4. The van der Waals surface area contributed by atoms with Gasteiger partial charge in [0.15, 0.2) is 0 Å². The van der Waals surface area contributed by atoms with Gasteiger partial charge in [-0.05, 0) is 111 Å². The average Bonchev–Trinajstić information content (AvgIpc) is 3.22. The highest BCUT2D eigenvalue weighted by atomic mass is 14.2. The summed E-state index contributed by atoms with van der Waals surface area (Å²) in [4.78, 5) is 0. The van der Waals surface area contributed by atoms with E-state index in [1.807, 2.05) is 0 Å². The molecule has 0 unspecified atom stereocenters. The molecule has 0 saturated heterocycles. The van der Waals surface area contributed by atoms with Gasteiger partial charge in [0.2, 0.25) is 0 Å². The fraction of sp³-hybridized carbons (Fsp3) is 0. The molecular formula is C52H34. The Balaban J connectivity index is 1.02. The van der Waals surface area contributed by atoms with Crippen LogP contribution in [0.4, 0.5) is 0 Å². The molecule has 0 amide bonds. The van der Waals surface area contributed by atoms with Gasteiger partial charge >= 0.3 is 0 Å². The van der Waals surface area contributed by atoms with Gasteiger partial charge in [-0.15, -0.1) is 0 Å². The molecule has 0 saturated carbocycles. The molecule has 10 aromatic carbocycles. The molecule has 0 spiro atoms. The van der Waals surface area contributed by atoms with Crippen molar-refractivity contribution in [3.05, 3.63) is 206 Å². The van der Waals surface area contributed by atoms with E-state index in [2.05, 4.69) is 206 Å². The molecule has 10 aromatic rings. The minimum Gasteiger partial charge on any atom is -0.0616 e. The molecule has 0 heteroatoms. The quantitative estimate of drug-likeness (QED) is 0.161. The molecule has 0 bridgehead atoms. The molecule has 52 heavy (non-hydrogen) atoms. The third-order valence-electron chi connectivity index (χ3n) is 10.7. The van der Waals surface area contributed by atoms with E-state index < -0.39 is 0 Å². The summed E-state index contributed by atoms with van der Waals surface area (Å²) in [6.45, 7) is 0. The second kappa shape index (κ2) is 12.5. The van der Waals surface area contributed by atoms with Crippen molar-refractivity contribution in [2.75, 3.05) is 0 Å². The van der Waals surface area contributed by atoms with Crippen LogP contribution in [-0.2, 0) is 0 Å². The lowest BCUT2D eigenvalue weighted by Crippen LogP contribution is -1.91. The molecule has 0 aromatic heterocycles. The summed E-state index contributed by atoms with van der Waals surface area (Å²) in [7, 11) is 0. The zero-order valence-corrected chi connectivity index (χ0v) is 28.6. The van der Waals surface area contributed by atoms with Crippen molar-refractivity contribution < 1.29 is 0 Å². The number of rotatable bonds is 5. The lowest BCUT2D eigenvalue weighted by molar-refractivity contribution is 1.59.